The van der Waals surface area contributed by atoms with Crippen LogP contribution in [0, 0.1) is 10.1 Å². The van der Waals surface area contributed by atoms with Crippen molar-refractivity contribution in [2.75, 3.05) is 7.11 Å². The van der Waals surface area contributed by atoms with Crippen LogP contribution >= 0.6 is 11.3 Å². The average Bonchev–Trinajstić information content (AvgIpc) is 3.65. The van der Waals surface area contributed by atoms with E-state index in [1.807, 2.05) is 53.9 Å². The van der Waals surface area contributed by atoms with E-state index in [0.717, 1.165) is 27.3 Å². The molecule has 4 aromatic rings. The molecule has 3 atom stereocenters. The number of oxime groups is 1. The number of furan rings is 1. The molecule has 36 heavy (non-hydrogen) atoms. The van der Waals surface area contributed by atoms with Gasteiger partial charge in [0.05, 0.1) is 37.4 Å². The number of thiophene rings is 1. The predicted octanol–water partition coefficient (Wildman–Crippen LogP) is 5.41. The van der Waals surface area contributed by atoms with E-state index in [1.54, 1.807) is 23.5 Å². The number of aromatic hydroxyl groups is 1. The van der Waals surface area contributed by atoms with Crippen LogP contribution in [0.5, 0.6) is 11.5 Å². The van der Waals surface area contributed by atoms with Crippen molar-refractivity contribution in [1.29, 1.82) is 0 Å². The van der Waals surface area contributed by atoms with Crippen molar-refractivity contribution in [3.05, 3.63) is 110 Å². The first-order valence-corrected chi connectivity index (χ1v) is 12.1. The highest BCUT2D eigenvalue weighted by Gasteiger charge is 2.50. The molecule has 2 aliphatic rings. The van der Waals surface area contributed by atoms with Crippen LogP contribution in [-0.4, -0.2) is 34.0 Å². The third kappa shape index (κ3) is 3.62. The minimum atomic E-state index is -0.551. The third-order valence-electron chi connectivity index (χ3n) is 6.56. The Kier molecular flexibility index (Phi) is 5.46. The number of methoxy groups -OCH3 is 1. The standard InChI is InChI=1S/C26H21N3O6S/c1-33-20-13-18-17(12-19(20)30)23-24(15-6-3-2-4-7-15)27-35-26(23)28(25(18)21-8-5-11-36-21)14-16-9-10-22(34-16)29(31)32/h2-13,23,25-26,30H,14H2,1H3/t23-,25-,26+/m0/s1. The Balaban J connectivity index is 1.53. The van der Waals surface area contributed by atoms with Crippen molar-refractivity contribution < 1.29 is 24.0 Å². The number of nitro groups is 1. The predicted molar refractivity (Wildman–Crippen MR) is 132 cm³/mol. The van der Waals surface area contributed by atoms with Gasteiger partial charge in [-0.1, -0.05) is 41.6 Å². The third-order valence-corrected chi connectivity index (χ3v) is 7.48. The fourth-order valence-electron chi connectivity index (χ4n) is 5.03. The van der Waals surface area contributed by atoms with E-state index >= 15 is 0 Å². The molecule has 0 saturated heterocycles. The van der Waals surface area contributed by atoms with E-state index < -0.39 is 11.2 Å². The Morgan fingerprint density at radius 3 is 2.67 bits per heavy atom. The fourth-order valence-corrected chi connectivity index (χ4v) is 5.89. The van der Waals surface area contributed by atoms with Crippen molar-refractivity contribution in [2.45, 2.75) is 24.7 Å². The Morgan fingerprint density at radius 1 is 1.14 bits per heavy atom. The van der Waals surface area contributed by atoms with Gasteiger partial charge in [0.2, 0.25) is 0 Å². The molecule has 2 aliphatic heterocycles. The van der Waals surface area contributed by atoms with Crippen LogP contribution in [0.3, 0.4) is 0 Å². The van der Waals surface area contributed by atoms with Gasteiger partial charge in [0.25, 0.3) is 0 Å². The smallest absolute Gasteiger partial charge is 0.433 e. The topological polar surface area (TPSA) is 111 Å². The van der Waals surface area contributed by atoms with Gasteiger partial charge in [0.15, 0.2) is 17.7 Å². The summed E-state index contributed by atoms with van der Waals surface area (Å²) in [6, 6.07) is 20.0. The van der Waals surface area contributed by atoms with E-state index in [-0.39, 0.29) is 30.1 Å². The lowest BCUT2D eigenvalue weighted by Crippen LogP contribution is -2.46. The van der Waals surface area contributed by atoms with Gasteiger partial charge in [-0.25, -0.2) is 4.90 Å². The van der Waals surface area contributed by atoms with Crippen molar-refractivity contribution in [1.82, 2.24) is 4.90 Å². The number of hydrogen-bond donors (Lipinski definition) is 1. The zero-order chi connectivity index (χ0) is 24.8. The minimum absolute atomic E-state index is 0.0364. The Labute approximate surface area is 209 Å². The van der Waals surface area contributed by atoms with E-state index in [0.29, 0.717) is 11.5 Å². The molecule has 0 saturated carbocycles. The van der Waals surface area contributed by atoms with Crippen molar-refractivity contribution >= 4 is 22.9 Å². The monoisotopic (exact) mass is 503 g/mol. The minimum Gasteiger partial charge on any atom is -0.504 e. The van der Waals surface area contributed by atoms with Crippen LogP contribution in [0.4, 0.5) is 5.88 Å². The largest absolute Gasteiger partial charge is 0.504 e. The summed E-state index contributed by atoms with van der Waals surface area (Å²) in [4.78, 5) is 19.9. The Bertz CT molecular complexity index is 1450. The number of fused-ring (bicyclic) bond motifs is 3. The van der Waals surface area contributed by atoms with Crippen molar-refractivity contribution in [2.24, 2.45) is 5.16 Å². The molecular formula is C26H21N3O6S. The fraction of sp³-hybridized carbons (Fsp3) is 0.192. The molecule has 0 fully saturated rings. The maximum atomic E-state index is 11.2. The van der Waals surface area contributed by atoms with Crippen molar-refractivity contribution in [3.63, 3.8) is 0 Å². The van der Waals surface area contributed by atoms with E-state index in [2.05, 4.69) is 10.1 Å². The first-order chi connectivity index (χ1) is 17.5. The number of rotatable bonds is 6. The zero-order valence-electron chi connectivity index (χ0n) is 19.1. The number of ether oxygens (including phenoxy) is 1. The maximum Gasteiger partial charge on any atom is 0.433 e. The summed E-state index contributed by atoms with van der Waals surface area (Å²) in [5.74, 6) is 0.203. The molecule has 0 bridgehead atoms. The average molecular weight is 504 g/mol. The van der Waals surface area contributed by atoms with Gasteiger partial charge in [-0.2, -0.15) is 0 Å². The van der Waals surface area contributed by atoms with Gasteiger partial charge in [-0.15, -0.1) is 11.3 Å². The summed E-state index contributed by atoms with van der Waals surface area (Å²) in [6.45, 7) is 0.248. The Hall–Kier alpha value is -4.15. The number of phenolic OH excluding ortho intramolecular Hbond substituents is 1. The SMILES string of the molecule is COc1cc2c(cc1O)[C@H]1C(c3ccccc3)=NO[C@H]1N(Cc1ccc([N+](=O)[O-])o1)[C@@H]2c1cccs1. The first-order valence-electron chi connectivity index (χ1n) is 11.3. The summed E-state index contributed by atoms with van der Waals surface area (Å²) < 4.78 is 11.0. The van der Waals surface area contributed by atoms with Gasteiger partial charge in [-0.05, 0) is 40.8 Å². The van der Waals surface area contributed by atoms with Gasteiger partial charge in [-0.3, -0.25) is 10.1 Å². The molecule has 182 valence electrons. The quantitative estimate of drug-likeness (QED) is 0.277. The second kappa shape index (κ2) is 8.81. The number of benzene rings is 2. The van der Waals surface area contributed by atoms with Gasteiger partial charge in [0, 0.05) is 10.4 Å². The molecule has 2 aromatic carbocycles. The van der Waals surface area contributed by atoms with Gasteiger partial charge >= 0.3 is 5.88 Å². The number of nitrogens with zero attached hydrogens (tertiary/aromatic N) is 3. The highest BCUT2D eigenvalue weighted by Crippen LogP contribution is 2.51. The normalized spacial score (nSPS) is 20.8. The summed E-state index contributed by atoms with van der Waals surface area (Å²) in [5.41, 5.74) is 3.47. The molecule has 10 heteroatoms. The molecule has 0 aliphatic carbocycles. The van der Waals surface area contributed by atoms with E-state index in [1.165, 1.54) is 13.2 Å². The van der Waals surface area contributed by atoms with Crippen LogP contribution in [0.15, 0.2) is 81.7 Å². The molecule has 0 radical (unpaired) electrons. The first kappa shape index (κ1) is 22.3. The second-order valence-corrected chi connectivity index (χ2v) is 9.54. The Morgan fingerprint density at radius 2 is 1.97 bits per heavy atom. The lowest BCUT2D eigenvalue weighted by atomic mass is 9.79. The highest BCUT2D eigenvalue weighted by molar-refractivity contribution is 7.10. The van der Waals surface area contributed by atoms with Crippen LogP contribution < -0.4 is 4.74 Å². The zero-order valence-corrected chi connectivity index (χ0v) is 19.9. The summed E-state index contributed by atoms with van der Waals surface area (Å²) in [7, 11) is 1.52. The summed E-state index contributed by atoms with van der Waals surface area (Å²) >= 11 is 1.59. The maximum absolute atomic E-state index is 11.2. The molecule has 4 heterocycles. The summed E-state index contributed by atoms with van der Waals surface area (Å²) in [5, 5.41) is 28.4. The van der Waals surface area contributed by atoms with Crippen LogP contribution in [-0.2, 0) is 11.4 Å². The molecular weight excluding hydrogens is 482 g/mol. The van der Waals surface area contributed by atoms with E-state index in [4.69, 9.17) is 14.0 Å². The van der Waals surface area contributed by atoms with E-state index in [9.17, 15) is 15.2 Å². The molecule has 0 spiro atoms. The van der Waals surface area contributed by atoms with Gasteiger partial charge < -0.3 is 19.1 Å². The molecule has 0 amide bonds. The highest BCUT2D eigenvalue weighted by atomic mass is 32.1. The molecule has 6 rings (SSSR count). The molecule has 9 nitrogen and oxygen atoms in total. The number of phenols is 1. The van der Waals surface area contributed by atoms with Gasteiger partial charge in [0.1, 0.15) is 10.7 Å². The van der Waals surface area contributed by atoms with Crippen molar-refractivity contribution in [3.8, 4) is 11.5 Å². The lowest BCUT2D eigenvalue weighted by molar-refractivity contribution is -0.402. The van der Waals surface area contributed by atoms with Crippen LogP contribution in [0.2, 0.25) is 0 Å². The lowest BCUT2D eigenvalue weighted by Gasteiger charge is -2.42. The van der Waals surface area contributed by atoms with Crippen LogP contribution in [0.25, 0.3) is 0 Å². The second-order valence-electron chi connectivity index (χ2n) is 8.56. The molecule has 0 unspecified atom stereocenters. The number of hydrogen-bond acceptors (Lipinski definition) is 9. The molecule has 2 aromatic heterocycles. The summed E-state index contributed by atoms with van der Waals surface area (Å²) in [6.07, 6.45) is -0.531. The van der Waals surface area contributed by atoms with Crippen LogP contribution in [0.1, 0.15) is 39.3 Å². The molecule has 1 N–H and O–H groups in total.